The zero-order valence-corrected chi connectivity index (χ0v) is 17.0. The van der Waals surface area contributed by atoms with Crippen LogP contribution in [0.25, 0.3) is 16.7 Å². The number of benzene rings is 2. The molecule has 0 spiro atoms. The molecule has 2 aromatic rings. The topological polar surface area (TPSA) is 9.23 Å². The average molecular weight is 400 g/mol. The Labute approximate surface area is 170 Å². The maximum atomic E-state index is 15.0. The van der Waals surface area contributed by atoms with E-state index in [0.29, 0.717) is 23.0 Å². The number of ether oxygens (including phenoxy) is 1. The van der Waals surface area contributed by atoms with Gasteiger partial charge in [0.25, 0.3) is 0 Å². The number of fused-ring (bicyclic) bond motifs is 1. The van der Waals surface area contributed by atoms with Crippen LogP contribution in [-0.4, -0.2) is 6.61 Å². The van der Waals surface area contributed by atoms with Crippen LogP contribution in [0.15, 0.2) is 36.4 Å². The Morgan fingerprint density at radius 3 is 2.48 bits per heavy atom. The van der Waals surface area contributed by atoms with E-state index >= 15 is 4.39 Å². The van der Waals surface area contributed by atoms with Crippen molar-refractivity contribution in [2.45, 2.75) is 46.0 Å². The summed E-state index contributed by atoms with van der Waals surface area (Å²) in [4.78, 5) is 0. The lowest BCUT2D eigenvalue weighted by atomic mass is 9.85. The largest absolute Gasteiger partial charge is 0.491 e. The van der Waals surface area contributed by atoms with Crippen LogP contribution >= 0.6 is 0 Å². The van der Waals surface area contributed by atoms with Gasteiger partial charge in [-0.1, -0.05) is 38.0 Å². The minimum Gasteiger partial charge on any atom is -0.491 e. The molecular formula is C25H27F3O. The second kappa shape index (κ2) is 8.25. The summed E-state index contributed by atoms with van der Waals surface area (Å²) in [5.74, 6) is -0.766. The highest BCUT2D eigenvalue weighted by molar-refractivity contribution is 5.74. The first-order valence-electron chi connectivity index (χ1n) is 10.7. The van der Waals surface area contributed by atoms with Crippen molar-refractivity contribution in [2.24, 2.45) is 17.8 Å². The van der Waals surface area contributed by atoms with E-state index in [1.807, 2.05) is 0 Å². The van der Waals surface area contributed by atoms with E-state index in [2.05, 4.69) is 13.0 Å². The molecule has 3 atom stereocenters. The molecule has 2 aliphatic rings. The molecule has 4 heteroatoms. The molecule has 1 nitrogen and oxygen atoms in total. The van der Waals surface area contributed by atoms with E-state index in [9.17, 15) is 8.78 Å². The van der Waals surface area contributed by atoms with Crippen LogP contribution in [0.5, 0.6) is 5.75 Å². The number of rotatable bonds is 6. The summed E-state index contributed by atoms with van der Waals surface area (Å²) in [5, 5.41) is 0. The van der Waals surface area contributed by atoms with Crippen molar-refractivity contribution in [2.75, 3.05) is 6.61 Å². The number of halogens is 3. The molecule has 0 aromatic heterocycles. The molecule has 154 valence electrons. The SMILES string of the molecule is CCCC1CCC2C(c3ccc(-c4ccc(OCC)c(F)c4F)cc3F)=CCC12. The average Bonchev–Trinajstić information content (AvgIpc) is 3.29. The summed E-state index contributed by atoms with van der Waals surface area (Å²) in [6, 6.07) is 7.55. The van der Waals surface area contributed by atoms with Gasteiger partial charge in [0.2, 0.25) is 5.82 Å². The molecule has 1 saturated carbocycles. The fraction of sp³-hybridized carbons (Fsp3) is 0.440. The second-order valence-corrected chi connectivity index (χ2v) is 8.16. The highest BCUT2D eigenvalue weighted by Crippen LogP contribution is 2.52. The maximum absolute atomic E-state index is 15.0. The Hall–Kier alpha value is -2.23. The molecule has 0 heterocycles. The van der Waals surface area contributed by atoms with E-state index in [0.717, 1.165) is 24.3 Å². The monoisotopic (exact) mass is 400 g/mol. The Morgan fingerprint density at radius 1 is 0.966 bits per heavy atom. The van der Waals surface area contributed by atoms with Gasteiger partial charge >= 0.3 is 0 Å². The third-order valence-corrected chi connectivity index (χ3v) is 6.58. The van der Waals surface area contributed by atoms with Crippen LogP contribution in [-0.2, 0) is 0 Å². The molecule has 0 aliphatic heterocycles. The molecule has 3 unspecified atom stereocenters. The van der Waals surface area contributed by atoms with Gasteiger partial charge in [-0.3, -0.25) is 0 Å². The van der Waals surface area contributed by atoms with Crippen molar-refractivity contribution in [3.63, 3.8) is 0 Å². The van der Waals surface area contributed by atoms with Crippen molar-refractivity contribution in [3.8, 4) is 16.9 Å². The van der Waals surface area contributed by atoms with E-state index < -0.39 is 11.6 Å². The van der Waals surface area contributed by atoms with Crippen molar-refractivity contribution in [1.82, 2.24) is 0 Å². The lowest BCUT2D eigenvalue weighted by Gasteiger charge is -2.20. The van der Waals surface area contributed by atoms with Gasteiger partial charge in [0.05, 0.1) is 6.61 Å². The van der Waals surface area contributed by atoms with Crippen LogP contribution < -0.4 is 4.74 Å². The zero-order chi connectivity index (χ0) is 20.5. The summed E-state index contributed by atoms with van der Waals surface area (Å²) in [6.07, 6.45) is 7.97. The fourth-order valence-electron chi connectivity index (χ4n) is 5.28. The molecule has 4 rings (SSSR count). The molecule has 29 heavy (non-hydrogen) atoms. The molecule has 2 aliphatic carbocycles. The first-order valence-corrected chi connectivity index (χ1v) is 10.7. The van der Waals surface area contributed by atoms with E-state index in [1.165, 1.54) is 37.5 Å². The van der Waals surface area contributed by atoms with Crippen molar-refractivity contribution < 1.29 is 17.9 Å². The summed E-state index contributed by atoms with van der Waals surface area (Å²) < 4.78 is 48.8. The summed E-state index contributed by atoms with van der Waals surface area (Å²) >= 11 is 0. The maximum Gasteiger partial charge on any atom is 0.201 e. The molecule has 0 radical (unpaired) electrons. The van der Waals surface area contributed by atoms with Gasteiger partial charge in [0.1, 0.15) is 5.82 Å². The van der Waals surface area contributed by atoms with Gasteiger partial charge in [-0.2, -0.15) is 4.39 Å². The summed E-state index contributed by atoms with van der Waals surface area (Å²) in [6.45, 7) is 4.17. The minimum absolute atomic E-state index is 0.0403. The minimum atomic E-state index is -1.04. The zero-order valence-electron chi connectivity index (χ0n) is 17.0. The molecule has 1 fully saturated rings. The van der Waals surface area contributed by atoms with E-state index in [1.54, 1.807) is 19.1 Å². The Morgan fingerprint density at radius 2 is 1.76 bits per heavy atom. The van der Waals surface area contributed by atoms with E-state index in [-0.39, 0.29) is 23.7 Å². The molecular weight excluding hydrogens is 373 g/mol. The second-order valence-electron chi connectivity index (χ2n) is 8.16. The quantitative estimate of drug-likeness (QED) is 0.491. The van der Waals surface area contributed by atoms with Gasteiger partial charge in [-0.05, 0) is 73.3 Å². The van der Waals surface area contributed by atoms with Crippen molar-refractivity contribution >= 4 is 5.57 Å². The first-order chi connectivity index (χ1) is 14.0. The standard InChI is InChI=1S/C25H27F3O/c1-3-5-15-6-8-19-17(15)10-11-20(19)21-9-7-16(14-22(21)26)18-12-13-23(29-4-2)25(28)24(18)27/h7,9,11-15,17,19H,3-6,8,10H2,1-2H3. The Bertz CT molecular complexity index is 934. The molecule has 0 N–H and O–H groups in total. The van der Waals surface area contributed by atoms with Crippen LogP contribution in [0, 0.1) is 35.2 Å². The summed E-state index contributed by atoms with van der Waals surface area (Å²) in [7, 11) is 0. The lowest BCUT2D eigenvalue weighted by molar-refractivity contribution is 0.314. The normalized spacial score (nSPS) is 23.2. The van der Waals surface area contributed by atoms with Crippen molar-refractivity contribution in [1.29, 1.82) is 0 Å². The van der Waals surface area contributed by atoms with Gasteiger partial charge in [0.15, 0.2) is 11.6 Å². The number of hydrogen-bond acceptors (Lipinski definition) is 1. The predicted octanol–water partition coefficient (Wildman–Crippen LogP) is 7.40. The van der Waals surface area contributed by atoms with Crippen LogP contribution in [0.1, 0.15) is 51.5 Å². The predicted molar refractivity (Wildman–Crippen MR) is 110 cm³/mol. The van der Waals surface area contributed by atoms with Crippen LogP contribution in [0.3, 0.4) is 0 Å². The van der Waals surface area contributed by atoms with Crippen LogP contribution in [0.2, 0.25) is 0 Å². The first kappa shape index (κ1) is 20.1. The van der Waals surface area contributed by atoms with E-state index in [4.69, 9.17) is 4.74 Å². The van der Waals surface area contributed by atoms with Gasteiger partial charge in [0, 0.05) is 11.1 Å². The number of allylic oxidation sites excluding steroid dienone is 2. The highest BCUT2D eigenvalue weighted by Gasteiger charge is 2.40. The molecule has 2 aromatic carbocycles. The smallest absolute Gasteiger partial charge is 0.201 e. The van der Waals surface area contributed by atoms with Gasteiger partial charge < -0.3 is 4.74 Å². The van der Waals surface area contributed by atoms with Gasteiger partial charge in [-0.15, -0.1) is 0 Å². The Kier molecular flexibility index (Phi) is 5.71. The molecule has 0 amide bonds. The Balaban J connectivity index is 1.61. The number of hydrogen-bond donors (Lipinski definition) is 0. The van der Waals surface area contributed by atoms with Crippen molar-refractivity contribution in [3.05, 3.63) is 59.4 Å². The molecule has 0 bridgehead atoms. The lowest BCUT2D eigenvalue weighted by Crippen LogP contribution is -2.11. The third-order valence-electron chi connectivity index (χ3n) is 6.58. The van der Waals surface area contributed by atoms with Gasteiger partial charge in [-0.25, -0.2) is 8.78 Å². The third kappa shape index (κ3) is 3.58. The summed E-state index contributed by atoms with van der Waals surface area (Å²) in [5.41, 5.74) is 2.07. The highest BCUT2D eigenvalue weighted by atomic mass is 19.2. The molecule has 0 saturated heterocycles. The van der Waals surface area contributed by atoms with Crippen LogP contribution in [0.4, 0.5) is 13.2 Å². The fourth-order valence-corrected chi connectivity index (χ4v) is 5.28.